The molecule has 1 aliphatic rings. The van der Waals surface area contributed by atoms with Crippen LogP contribution in [0, 0.1) is 0 Å². The second kappa shape index (κ2) is 15.9. The van der Waals surface area contributed by atoms with Crippen molar-refractivity contribution < 1.29 is 0 Å². The summed E-state index contributed by atoms with van der Waals surface area (Å²) in [6, 6.07) is 81.6. The van der Waals surface area contributed by atoms with Crippen molar-refractivity contribution in [1.29, 1.82) is 0 Å². The van der Waals surface area contributed by atoms with Crippen LogP contribution < -0.4 is 10.4 Å². The minimum Gasteiger partial charge on any atom is -0.309 e. The Bertz CT molecular complexity index is 3760. The Labute approximate surface area is 387 Å². The van der Waals surface area contributed by atoms with Gasteiger partial charge in [0.1, 0.15) is 8.80 Å². The number of aromatic nitrogens is 1. The van der Waals surface area contributed by atoms with Crippen molar-refractivity contribution in [2.75, 3.05) is 0 Å². The molecule has 0 spiro atoms. The van der Waals surface area contributed by atoms with Crippen LogP contribution in [0.3, 0.4) is 0 Å². The summed E-state index contributed by atoms with van der Waals surface area (Å²) in [7, 11) is -1.29. The molecule has 0 N–H and O–H groups in total. The molecule has 314 valence electrons. The lowest BCUT2D eigenvalue weighted by Gasteiger charge is -2.22. The van der Waals surface area contributed by atoms with Crippen molar-refractivity contribution >= 4 is 84.1 Å². The number of benzene rings is 11. The largest absolute Gasteiger partial charge is 0.309 e. The first-order valence-electron chi connectivity index (χ1n) is 24.0. The second-order valence-corrected chi connectivity index (χ2v) is 21.3. The van der Waals surface area contributed by atoms with Crippen molar-refractivity contribution in [3.8, 4) is 50.2 Å². The molecule has 0 fully saturated rings. The van der Waals surface area contributed by atoms with Crippen molar-refractivity contribution in [2.24, 2.45) is 0 Å². The summed E-state index contributed by atoms with van der Waals surface area (Å²) in [5.74, 6) is 0. The van der Waals surface area contributed by atoms with Crippen LogP contribution in [-0.2, 0) is 0 Å². The van der Waals surface area contributed by atoms with Gasteiger partial charge in [-0.1, -0.05) is 225 Å². The molecule has 1 aliphatic heterocycles. The predicted molar refractivity (Wildman–Crippen MR) is 288 cm³/mol. The van der Waals surface area contributed by atoms with Crippen LogP contribution in [0.2, 0.25) is 6.04 Å². The van der Waals surface area contributed by atoms with Crippen LogP contribution in [0.15, 0.2) is 212 Å². The molecular formula is C64H49NSi. The highest BCUT2D eigenvalue weighted by molar-refractivity contribution is 6.89. The van der Waals surface area contributed by atoms with E-state index in [1.54, 1.807) is 10.4 Å². The Morgan fingerprint density at radius 2 is 0.788 bits per heavy atom. The van der Waals surface area contributed by atoms with E-state index in [4.69, 9.17) is 0 Å². The van der Waals surface area contributed by atoms with Gasteiger partial charge in [-0.2, -0.15) is 0 Å². The smallest absolute Gasteiger partial charge is 0.104 e. The molecule has 1 nitrogen and oxygen atoms in total. The summed E-state index contributed by atoms with van der Waals surface area (Å²) in [6.45, 7) is 2.31. The predicted octanol–water partition coefficient (Wildman–Crippen LogP) is 16.3. The van der Waals surface area contributed by atoms with E-state index in [-0.39, 0.29) is 0 Å². The molecule has 0 bridgehead atoms. The fourth-order valence-corrected chi connectivity index (χ4v) is 15.5. The van der Waals surface area contributed by atoms with E-state index in [1.807, 2.05) is 0 Å². The number of nitrogens with zero attached hydrogens (tertiary/aromatic N) is 1. The van der Waals surface area contributed by atoms with Gasteiger partial charge in [-0.3, -0.25) is 0 Å². The van der Waals surface area contributed by atoms with Crippen LogP contribution in [0.1, 0.15) is 32.6 Å². The van der Waals surface area contributed by atoms with Crippen molar-refractivity contribution in [3.05, 3.63) is 212 Å². The third-order valence-electron chi connectivity index (χ3n) is 14.8. The molecule has 0 saturated heterocycles. The zero-order valence-electron chi connectivity index (χ0n) is 37.3. The van der Waals surface area contributed by atoms with Gasteiger partial charge in [-0.25, -0.2) is 0 Å². The SMILES string of the molecule is CCCCCC[SiH]1c2ccccc2-c2cc(-c3c4ccccc4c(-c4c5ccccc5c(-c5ccc6c(c5)c5ccccc5n6-c5ccccc5)c5ccccc45)c4ccccc34)ccc21. The minimum absolute atomic E-state index is 1.17. The summed E-state index contributed by atoms with van der Waals surface area (Å²) < 4.78 is 2.41. The van der Waals surface area contributed by atoms with Crippen LogP contribution in [0.5, 0.6) is 0 Å². The number of hydrogen-bond acceptors (Lipinski definition) is 0. The van der Waals surface area contributed by atoms with E-state index < -0.39 is 8.80 Å². The summed E-state index contributed by atoms with van der Waals surface area (Å²) >= 11 is 0. The first-order chi connectivity index (χ1) is 32.8. The topological polar surface area (TPSA) is 4.93 Å². The summed E-state index contributed by atoms with van der Waals surface area (Å²) in [5.41, 5.74) is 14.3. The average molecular weight is 860 g/mol. The quantitative estimate of drug-likeness (QED) is 0.0774. The number of para-hydroxylation sites is 2. The highest BCUT2D eigenvalue weighted by atomic mass is 28.3. The van der Waals surface area contributed by atoms with E-state index in [2.05, 4.69) is 224 Å². The molecule has 11 aromatic carbocycles. The van der Waals surface area contributed by atoms with E-state index in [9.17, 15) is 0 Å². The van der Waals surface area contributed by atoms with Gasteiger partial charge in [-0.15, -0.1) is 0 Å². The molecule has 0 radical (unpaired) electrons. The molecule has 0 saturated carbocycles. The second-order valence-electron chi connectivity index (χ2n) is 18.4. The highest BCUT2D eigenvalue weighted by Crippen LogP contribution is 2.51. The third kappa shape index (κ3) is 5.98. The van der Waals surface area contributed by atoms with Crippen LogP contribution in [-0.4, -0.2) is 13.4 Å². The van der Waals surface area contributed by atoms with Gasteiger partial charge in [-0.05, 0) is 124 Å². The molecule has 1 aromatic heterocycles. The van der Waals surface area contributed by atoms with E-state index >= 15 is 0 Å². The van der Waals surface area contributed by atoms with Crippen molar-refractivity contribution in [1.82, 2.24) is 4.57 Å². The minimum atomic E-state index is -1.29. The fourth-order valence-electron chi connectivity index (χ4n) is 12.0. The lowest BCUT2D eigenvalue weighted by Crippen LogP contribution is -2.37. The average Bonchev–Trinajstić information content (AvgIpc) is 3.88. The maximum absolute atomic E-state index is 2.55. The van der Waals surface area contributed by atoms with Gasteiger partial charge in [0.15, 0.2) is 0 Å². The summed E-state index contributed by atoms with van der Waals surface area (Å²) in [6.07, 6.45) is 5.28. The third-order valence-corrected chi connectivity index (χ3v) is 18.3. The fraction of sp³-hybridized carbons (Fsp3) is 0.0938. The van der Waals surface area contributed by atoms with Gasteiger partial charge in [0.2, 0.25) is 0 Å². The van der Waals surface area contributed by atoms with E-state index in [0.717, 1.165) is 0 Å². The molecule has 0 amide bonds. The number of hydrogen-bond donors (Lipinski definition) is 0. The molecule has 2 heteroatoms. The standard InChI is InChI=1S/C64H49NSi/c1-2-3-4-20-39-66-59-34-19-17-24-46(59)56-41-43(36-38-60(56)66)62-49-27-10-14-31-53(49)64(54-32-15-11-28-50(54)62)63-51-29-12-8-25-47(51)61(48-26-9-13-30-52(48)63)42-35-37-58-55(40-42)45-23-16-18-33-57(45)65(58)44-21-6-5-7-22-44/h5-19,21-38,40-41,66H,2-4,20,39H2,1H3. The maximum atomic E-state index is 2.55. The van der Waals surface area contributed by atoms with Crippen molar-refractivity contribution in [3.63, 3.8) is 0 Å². The van der Waals surface area contributed by atoms with Gasteiger partial charge < -0.3 is 4.57 Å². The Balaban J connectivity index is 1.04. The van der Waals surface area contributed by atoms with E-state index in [1.165, 1.54) is 147 Å². The van der Waals surface area contributed by atoms with Crippen LogP contribution in [0.4, 0.5) is 0 Å². The van der Waals surface area contributed by atoms with E-state index in [0.29, 0.717) is 0 Å². The molecule has 2 heterocycles. The zero-order valence-corrected chi connectivity index (χ0v) is 38.4. The van der Waals surface area contributed by atoms with Gasteiger partial charge in [0.05, 0.1) is 11.0 Å². The molecule has 13 rings (SSSR count). The summed E-state index contributed by atoms with van der Waals surface area (Å²) in [5, 5.41) is 16.0. The normalized spacial score (nSPS) is 13.4. The molecule has 1 unspecified atom stereocenters. The van der Waals surface area contributed by atoms with Crippen LogP contribution >= 0.6 is 0 Å². The van der Waals surface area contributed by atoms with Gasteiger partial charge in [0, 0.05) is 16.5 Å². The molecule has 0 aliphatic carbocycles. The first kappa shape index (κ1) is 38.9. The van der Waals surface area contributed by atoms with Crippen LogP contribution in [0.25, 0.3) is 115 Å². The number of unbranched alkanes of at least 4 members (excludes halogenated alkanes) is 3. The zero-order chi connectivity index (χ0) is 43.7. The first-order valence-corrected chi connectivity index (χ1v) is 25.9. The lowest BCUT2D eigenvalue weighted by molar-refractivity contribution is 0.700. The number of rotatable bonds is 9. The van der Waals surface area contributed by atoms with Gasteiger partial charge in [0.25, 0.3) is 0 Å². The lowest BCUT2D eigenvalue weighted by atomic mass is 9.81. The Morgan fingerprint density at radius 3 is 1.38 bits per heavy atom. The molecular weight excluding hydrogens is 811 g/mol. The Morgan fingerprint density at radius 1 is 0.333 bits per heavy atom. The highest BCUT2D eigenvalue weighted by Gasteiger charge is 2.30. The maximum Gasteiger partial charge on any atom is 0.104 e. The number of fused-ring (bicyclic) bond motifs is 10. The molecule has 66 heavy (non-hydrogen) atoms. The van der Waals surface area contributed by atoms with Crippen molar-refractivity contribution in [2.45, 2.75) is 38.7 Å². The molecule has 12 aromatic rings. The Kier molecular flexibility index (Phi) is 9.35. The van der Waals surface area contributed by atoms with Gasteiger partial charge >= 0.3 is 0 Å². The summed E-state index contributed by atoms with van der Waals surface area (Å²) in [4.78, 5) is 0. The Hall–Kier alpha value is -7.52. The molecule has 1 atom stereocenters. The monoisotopic (exact) mass is 859 g/mol.